The van der Waals surface area contributed by atoms with Crippen LogP contribution in [0.15, 0.2) is 36.5 Å². The van der Waals surface area contributed by atoms with Gasteiger partial charge in [-0.25, -0.2) is 0 Å². The Morgan fingerprint density at radius 1 is 1.24 bits per heavy atom. The molecule has 1 aliphatic heterocycles. The summed E-state index contributed by atoms with van der Waals surface area (Å²) < 4.78 is 13.5. The van der Waals surface area contributed by atoms with Crippen molar-refractivity contribution < 1.29 is 14.3 Å². The van der Waals surface area contributed by atoms with Crippen molar-refractivity contribution in [2.45, 2.75) is 45.4 Å². The number of hydrogen-bond acceptors (Lipinski definition) is 4. The van der Waals surface area contributed by atoms with Gasteiger partial charge >= 0.3 is 0 Å². The highest BCUT2D eigenvalue weighted by Gasteiger charge is 2.34. The second kappa shape index (κ2) is 6.17. The molecule has 0 aliphatic carbocycles. The minimum atomic E-state index is -0.774. The SMILES string of the molecule is C[C@@H]1Oc2ccccc2O[C@@H]1C(=O)Nc1cc(C#N)cn1C(C)(C)C. The van der Waals surface area contributed by atoms with E-state index < -0.39 is 12.2 Å². The van der Waals surface area contributed by atoms with Crippen LogP contribution in [0, 0.1) is 11.3 Å². The van der Waals surface area contributed by atoms with E-state index >= 15 is 0 Å². The van der Waals surface area contributed by atoms with Crippen LogP contribution in [0.2, 0.25) is 0 Å². The van der Waals surface area contributed by atoms with Gasteiger partial charge in [-0.15, -0.1) is 0 Å². The number of amides is 1. The Bertz CT molecular complexity index is 842. The Morgan fingerprint density at radius 3 is 2.48 bits per heavy atom. The summed E-state index contributed by atoms with van der Waals surface area (Å²) in [4.78, 5) is 12.8. The molecule has 25 heavy (non-hydrogen) atoms. The standard InChI is InChI=1S/C19H21N3O3/c1-12-17(25-15-8-6-5-7-14(15)24-12)18(23)21-16-9-13(10-20)11-22(16)19(2,3)4/h5-9,11-12,17H,1-4H3,(H,21,23)/t12-,17-/m0/s1. The fraction of sp³-hybridized carbons (Fsp3) is 0.368. The van der Waals surface area contributed by atoms with E-state index in [1.54, 1.807) is 25.3 Å². The molecule has 1 N–H and O–H groups in total. The van der Waals surface area contributed by atoms with Crippen LogP contribution in [-0.2, 0) is 10.3 Å². The Morgan fingerprint density at radius 2 is 1.88 bits per heavy atom. The first-order chi connectivity index (χ1) is 11.8. The number of carbonyl (C=O) groups is 1. The van der Waals surface area contributed by atoms with E-state index in [-0.39, 0.29) is 11.4 Å². The Balaban J connectivity index is 1.84. The minimum absolute atomic E-state index is 0.278. The number of nitrogens with zero attached hydrogens (tertiary/aromatic N) is 2. The number of anilines is 1. The molecule has 0 bridgehead atoms. The zero-order valence-corrected chi connectivity index (χ0v) is 14.7. The van der Waals surface area contributed by atoms with Gasteiger partial charge in [0.1, 0.15) is 18.0 Å². The summed E-state index contributed by atoms with van der Waals surface area (Å²) in [5.74, 6) is 1.42. The van der Waals surface area contributed by atoms with E-state index in [0.717, 1.165) is 0 Å². The average molecular weight is 339 g/mol. The molecular weight excluding hydrogens is 318 g/mol. The lowest BCUT2D eigenvalue weighted by atomic mass is 10.1. The number of benzene rings is 1. The van der Waals surface area contributed by atoms with E-state index in [9.17, 15) is 4.79 Å². The minimum Gasteiger partial charge on any atom is -0.482 e. The molecule has 0 radical (unpaired) electrons. The van der Waals surface area contributed by atoms with Gasteiger partial charge in [0.25, 0.3) is 5.91 Å². The van der Waals surface area contributed by atoms with E-state index in [4.69, 9.17) is 14.7 Å². The monoisotopic (exact) mass is 339 g/mol. The topological polar surface area (TPSA) is 76.3 Å². The summed E-state index contributed by atoms with van der Waals surface area (Å²) in [6.45, 7) is 7.80. The van der Waals surface area contributed by atoms with Gasteiger partial charge in [0.2, 0.25) is 6.10 Å². The summed E-state index contributed by atoms with van der Waals surface area (Å²) in [5.41, 5.74) is 0.212. The van der Waals surface area contributed by atoms with Crippen molar-refractivity contribution in [3.05, 3.63) is 42.1 Å². The highest BCUT2D eigenvalue weighted by atomic mass is 16.6. The Labute approximate surface area is 147 Å². The van der Waals surface area contributed by atoms with Crippen LogP contribution in [0.1, 0.15) is 33.3 Å². The molecule has 1 aliphatic rings. The molecule has 0 fully saturated rings. The molecule has 1 aromatic heterocycles. The summed E-state index contributed by atoms with van der Waals surface area (Å²) in [7, 11) is 0. The van der Waals surface area contributed by atoms with Crippen molar-refractivity contribution in [2.75, 3.05) is 5.32 Å². The predicted octanol–water partition coefficient (Wildman–Crippen LogP) is 3.28. The molecule has 6 nitrogen and oxygen atoms in total. The van der Waals surface area contributed by atoms with Crippen LogP contribution in [0.4, 0.5) is 5.82 Å². The van der Waals surface area contributed by atoms with Crippen molar-refractivity contribution in [3.63, 3.8) is 0 Å². The average Bonchev–Trinajstić information content (AvgIpc) is 2.97. The molecule has 6 heteroatoms. The Kier molecular flexibility index (Phi) is 4.17. The summed E-state index contributed by atoms with van der Waals surface area (Å²) >= 11 is 0. The molecule has 0 saturated heterocycles. The van der Waals surface area contributed by atoms with Gasteiger partial charge in [0, 0.05) is 11.7 Å². The summed E-state index contributed by atoms with van der Waals surface area (Å²) in [6, 6.07) is 11.0. The molecular formula is C19H21N3O3. The Hall–Kier alpha value is -2.94. The first-order valence-electron chi connectivity index (χ1n) is 8.16. The number of para-hydroxylation sites is 2. The molecule has 2 heterocycles. The van der Waals surface area contributed by atoms with Gasteiger partial charge in [0.05, 0.1) is 5.56 Å². The number of aromatic nitrogens is 1. The van der Waals surface area contributed by atoms with Crippen LogP contribution in [0.3, 0.4) is 0 Å². The second-order valence-corrected chi connectivity index (χ2v) is 7.06. The van der Waals surface area contributed by atoms with E-state index in [0.29, 0.717) is 22.9 Å². The van der Waals surface area contributed by atoms with E-state index in [1.165, 1.54) is 0 Å². The van der Waals surface area contributed by atoms with Crippen LogP contribution < -0.4 is 14.8 Å². The fourth-order valence-electron chi connectivity index (χ4n) is 2.78. The lowest BCUT2D eigenvalue weighted by Crippen LogP contribution is -2.46. The summed E-state index contributed by atoms with van der Waals surface area (Å²) in [5, 5.41) is 12.0. The third-order valence-electron chi connectivity index (χ3n) is 4.02. The van der Waals surface area contributed by atoms with Crippen LogP contribution >= 0.6 is 0 Å². The molecule has 0 unspecified atom stereocenters. The van der Waals surface area contributed by atoms with Gasteiger partial charge in [-0.05, 0) is 45.9 Å². The first kappa shape index (κ1) is 16.9. The molecule has 0 spiro atoms. The van der Waals surface area contributed by atoms with Gasteiger partial charge in [-0.3, -0.25) is 4.79 Å². The van der Waals surface area contributed by atoms with Crippen molar-refractivity contribution >= 4 is 11.7 Å². The zero-order chi connectivity index (χ0) is 18.2. The number of nitriles is 1. The highest BCUT2D eigenvalue weighted by Crippen LogP contribution is 2.34. The quantitative estimate of drug-likeness (QED) is 0.911. The number of carbonyl (C=O) groups excluding carboxylic acids is 1. The lowest BCUT2D eigenvalue weighted by Gasteiger charge is -2.31. The largest absolute Gasteiger partial charge is 0.482 e. The maximum absolute atomic E-state index is 12.8. The highest BCUT2D eigenvalue weighted by molar-refractivity contribution is 5.94. The first-order valence-corrected chi connectivity index (χ1v) is 8.16. The maximum Gasteiger partial charge on any atom is 0.270 e. The molecule has 2 aromatic rings. The van der Waals surface area contributed by atoms with Gasteiger partial charge in [0.15, 0.2) is 11.5 Å². The predicted molar refractivity (Wildman–Crippen MR) is 93.7 cm³/mol. The summed E-state index contributed by atoms with van der Waals surface area (Å²) in [6.07, 6.45) is 0.527. The number of ether oxygens (including phenoxy) is 2. The number of nitrogens with one attached hydrogen (secondary N) is 1. The lowest BCUT2D eigenvalue weighted by molar-refractivity contribution is -0.128. The number of fused-ring (bicyclic) bond motifs is 1. The van der Waals surface area contributed by atoms with Crippen LogP contribution in [0.25, 0.3) is 0 Å². The van der Waals surface area contributed by atoms with Crippen LogP contribution in [0.5, 0.6) is 11.5 Å². The van der Waals surface area contributed by atoms with Crippen molar-refractivity contribution in [2.24, 2.45) is 0 Å². The van der Waals surface area contributed by atoms with E-state index in [1.807, 2.05) is 43.5 Å². The number of hydrogen-bond donors (Lipinski definition) is 1. The maximum atomic E-state index is 12.8. The molecule has 2 atom stereocenters. The van der Waals surface area contributed by atoms with Crippen molar-refractivity contribution in [1.82, 2.24) is 4.57 Å². The fourth-order valence-corrected chi connectivity index (χ4v) is 2.78. The molecule has 130 valence electrons. The van der Waals surface area contributed by atoms with Crippen molar-refractivity contribution in [3.8, 4) is 17.6 Å². The third kappa shape index (κ3) is 3.31. The molecule has 3 rings (SSSR count). The molecule has 0 saturated carbocycles. The molecule has 1 amide bonds. The zero-order valence-electron chi connectivity index (χ0n) is 14.7. The second-order valence-electron chi connectivity index (χ2n) is 7.06. The van der Waals surface area contributed by atoms with E-state index in [2.05, 4.69) is 11.4 Å². The number of rotatable bonds is 2. The van der Waals surface area contributed by atoms with Gasteiger partial charge < -0.3 is 19.4 Å². The smallest absolute Gasteiger partial charge is 0.270 e. The van der Waals surface area contributed by atoms with Gasteiger partial charge in [-0.1, -0.05) is 12.1 Å². The van der Waals surface area contributed by atoms with Crippen LogP contribution in [-0.4, -0.2) is 22.7 Å². The van der Waals surface area contributed by atoms with Crippen molar-refractivity contribution in [1.29, 1.82) is 5.26 Å². The van der Waals surface area contributed by atoms with Gasteiger partial charge in [-0.2, -0.15) is 5.26 Å². The normalized spacial score (nSPS) is 19.2. The molecule has 1 aromatic carbocycles. The third-order valence-corrected chi connectivity index (χ3v) is 4.02.